The van der Waals surface area contributed by atoms with Gasteiger partial charge < -0.3 is 14.5 Å². The number of hydrogen-bond acceptors (Lipinski definition) is 7. The van der Waals surface area contributed by atoms with Gasteiger partial charge in [0.1, 0.15) is 22.5 Å². The fourth-order valence-electron chi connectivity index (χ4n) is 3.17. The van der Waals surface area contributed by atoms with Gasteiger partial charge in [0.2, 0.25) is 0 Å². The van der Waals surface area contributed by atoms with E-state index in [9.17, 15) is 9.59 Å². The Balaban J connectivity index is 1.36. The summed E-state index contributed by atoms with van der Waals surface area (Å²) < 4.78 is 5.46. The number of piperazine rings is 1. The van der Waals surface area contributed by atoms with Crippen molar-refractivity contribution in [1.29, 1.82) is 0 Å². The van der Waals surface area contributed by atoms with Crippen LogP contribution in [0.2, 0.25) is 0 Å². The Morgan fingerprint density at radius 3 is 2.65 bits per heavy atom. The van der Waals surface area contributed by atoms with Crippen LogP contribution in [0.3, 0.4) is 0 Å². The van der Waals surface area contributed by atoms with E-state index < -0.39 is 0 Å². The molecule has 2 aromatic rings. The van der Waals surface area contributed by atoms with E-state index >= 15 is 0 Å². The summed E-state index contributed by atoms with van der Waals surface area (Å²) in [7, 11) is 0. The van der Waals surface area contributed by atoms with Crippen molar-refractivity contribution in [2.75, 3.05) is 32.8 Å². The van der Waals surface area contributed by atoms with Gasteiger partial charge in [-0.2, -0.15) is 0 Å². The smallest absolute Gasteiger partial charge is 0.273 e. The average Bonchev–Trinajstić information content (AvgIpc) is 3.40. The Kier molecular flexibility index (Phi) is 4.89. The highest BCUT2D eigenvalue weighted by atomic mass is 32.1. The van der Waals surface area contributed by atoms with Gasteiger partial charge in [0.25, 0.3) is 11.8 Å². The Morgan fingerprint density at radius 2 is 1.96 bits per heavy atom. The molecule has 8 nitrogen and oxygen atoms in total. The van der Waals surface area contributed by atoms with Crippen LogP contribution in [0.15, 0.2) is 24.0 Å². The van der Waals surface area contributed by atoms with Crippen molar-refractivity contribution in [2.24, 2.45) is 0 Å². The molecule has 4 heterocycles. The number of carbonyl (C=O) groups excluding carboxylic acids is 2. The number of ether oxygens (including phenoxy) is 1. The predicted octanol–water partition coefficient (Wildman–Crippen LogP) is 1.06. The van der Waals surface area contributed by atoms with Gasteiger partial charge in [0, 0.05) is 50.6 Å². The van der Waals surface area contributed by atoms with Crippen molar-refractivity contribution in [2.45, 2.75) is 18.9 Å². The molecule has 2 saturated heterocycles. The van der Waals surface area contributed by atoms with Crippen LogP contribution in [0.1, 0.15) is 23.3 Å². The summed E-state index contributed by atoms with van der Waals surface area (Å²) in [5.74, 6) is -0.0613. The van der Waals surface area contributed by atoms with E-state index in [0.717, 1.165) is 12.8 Å². The molecule has 2 aliphatic rings. The Morgan fingerprint density at radius 1 is 1.15 bits per heavy atom. The van der Waals surface area contributed by atoms with Crippen LogP contribution >= 0.6 is 11.3 Å². The third kappa shape index (κ3) is 3.45. The standard InChI is InChI=1S/C17H19N5O3S/c23-16(13-11-26-15(20-13)12-10-18-3-4-19-12)21-5-7-22(8-6-21)17(24)14-2-1-9-25-14/h3-4,10-11,14H,1-2,5-9H2. The normalized spacial score (nSPS) is 20.4. The topological polar surface area (TPSA) is 88.5 Å². The molecule has 0 spiro atoms. The second kappa shape index (κ2) is 7.46. The van der Waals surface area contributed by atoms with E-state index in [-0.39, 0.29) is 17.9 Å². The Labute approximate surface area is 154 Å². The zero-order chi connectivity index (χ0) is 17.9. The van der Waals surface area contributed by atoms with Crippen LogP contribution in [0, 0.1) is 0 Å². The third-order valence-electron chi connectivity index (χ3n) is 4.59. The average molecular weight is 373 g/mol. The van der Waals surface area contributed by atoms with Crippen molar-refractivity contribution in [3.05, 3.63) is 29.7 Å². The van der Waals surface area contributed by atoms with E-state index in [1.165, 1.54) is 11.3 Å². The Hall–Kier alpha value is -2.39. The van der Waals surface area contributed by atoms with Crippen molar-refractivity contribution >= 4 is 23.2 Å². The van der Waals surface area contributed by atoms with Gasteiger partial charge in [0.15, 0.2) is 0 Å². The molecule has 9 heteroatoms. The first-order chi connectivity index (χ1) is 12.7. The molecule has 4 rings (SSSR count). The highest BCUT2D eigenvalue weighted by Crippen LogP contribution is 2.22. The van der Waals surface area contributed by atoms with Gasteiger partial charge in [-0.1, -0.05) is 0 Å². The monoisotopic (exact) mass is 373 g/mol. The minimum absolute atomic E-state index is 0.0493. The molecular weight excluding hydrogens is 354 g/mol. The van der Waals surface area contributed by atoms with Crippen molar-refractivity contribution in [1.82, 2.24) is 24.8 Å². The molecule has 0 N–H and O–H groups in total. The third-order valence-corrected chi connectivity index (χ3v) is 5.45. The summed E-state index contributed by atoms with van der Waals surface area (Å²) in [6.07, 6.45) is 6.26. The summed E-state index contributed by atoms with van der Waals surface area (Å²) in [4.78, 5) is 41.2. The SMILES string of the molecule is O=C(c1csc(-c2cnccn2)n1)N1CCN(C(=O)C2CCCO2)CC1. The van der Waals surface area contributed by atoms with Crippen LogP contribution in [0.5, 0.6) is 0 Å². The summed E-state index contributed by atoms with van der Waals surface area (Å²) in [6.45, 7) is 2.74. The first-order valence-corrected chi connectivity index (χ1v) is 9.52. The lowest BCUT2D eigenvalue weighted by molar-refractivity contribution is -0.142. The highest BCUT2D eigenvalue weighted by Gasteiger charge is 2.32. The number of rotatable bonds is 3. The summed E-state index contributed by atoms with van der Waals surface area (Å²) in [5, 5.41) is 2.42. The first kappa shape index (κ1) is 17.0. The van der Waals surface area contributed by atoms with Gasteiger partial charge in [-0.3, -0.25) is 19.6 Å². The minimum atomic E-state index is -0.301. The van der Waals surface area contributed by atoms with Crippen LogP contribution in [0.4, 0.5) is 0 Å². The molecule has 26 heavy (non-hydrogen) atoms. The number of amides is 2. The Bertz CT molecular complexity index is 783. The second-order valence-corrected chi connectivity index (χ2v) is 7.11. The molecule has 2 aromatic heterocycles. The van der Waals surface area contributed by atoms with Gasteiger partial charge in [-0.05, 0) is 12.8 Å². The lowest BCUT2D eigenvalue weighted by atomic mass is 10.2. The van der Waals surface area contributed by atoms with Gasteiger partial charge in [-0.25, -0.2) is 4.98 Å². The van der Waals surface area contributed by atoms with E-state index in [0.29, 0.717) is 49.2 Å². The molecule has 1 atom stereocenters. The molecule has 0 saturated carbocycles. The number of hydrogen-bond donors (Lipinski definition) is 0. The lowest BCUT2D eigenvalue weighted by Crippen LogP contribution is -2.52. The molecule has 0 aliphatic carbocycles. The van der Waals surface area contributed by atoms with E-state index in [2.05, 4.69) is 15.0 Å². The maximum absolute atomic E-state index is 12.7. The van der Waals surface area contributed by atoms with Crippen LogP contribution in [-0.2, 0) is 9.53 Å². The molecule has 2 fully saturated rings. The van der Waals surface area contributed by atoms with Crippen molar-refractivity contribution < 1.29 is 14.3 Å². The summed E-state index contributed by atoms with van der Waals surface area (Å²) in [6, 6.07) is 0. The molecule has 0 bridgehead atoms. The lowest BCUT2D eigenvalue weighted by Gasteiger charge is -2.35. The molecule has 2 amide bonds. The highest BCUT2D eigenvalue weighted by molar-refractivity contribution is 7.13. The molecule has 0 radical (unpaired) electrons. The van der Waals surface area contributed by atoms with Crippen LogP contribution < -0.4 is 0 Å². The maximum Gasteiger partial charge on any atom is 0.273 e. The van der Waals surface area contributed by atoms with E-state index in [1.54, 1.807) is 33.8 Å². The number of thiazole rings is 1. The number of nitrogens with zero attached hydrogens (tertiary/aromatic N) is 5. The largest absolute Gasteiger partial charge is 0.368 e. The first-order valence-electron chi connectivity index (χ1n) is 8.64. The summed E-state index contributed by atoms with van der Waals surface area (Å²) >= 11 is 1.38. The molecule has 136 valence electrons. The zero-order valence-electron chi connectivity index (χ0n) is 14.2. The molecule has 2 aliphatic heterocycles. The van der Waals surface area contributed by atoms with E-state index in [4.69, 9.17) is 4.74 Å². The van der Waals surface area contributed by atoms with Gasteiger partial charge in [0.05, 0.1) is 6.20 Å². The summed E-state index contributed by atoms with van der Waals surface area (Å²) in [5.41, 5.74) is 1.07. The molecule has 0 aromatic carbocycles. The fourth-order valence-corrected chi connectivity index (χ4v) is 3.92. The maximum atomic E-state index is 12.7. The quantitative estimate of drug-likeness (QED) is 0.799. The molecule has 1 unspecified atom stereocenters. The fraction of sp³-hybridized carbons (Fsp3) is 0.471. The van der Waals surface area contributed by atoms with Crippen LogP contribution in [-0.4, -0.2) is 75.5 Å². The van der Waals surface area contributed by atoms with Gasteiger partial charge >= 0.3 is 0 Å². The minimum Gasteiger partial charge on any atom is -0.368 e. The van der Waals surface area contributed by atoms with E-state index in [1.807, 2.05) is 0 Å². The zero-order valence-corrected chi connectivity index (χ0v) is 15.0. The van der Waals surface area contributed by atoms with Crippen molar-refractivity contribution in [3.63, 3.8) is 0 Å². The van der Waals surface area contributed by atoms with Crippen LogP contribution in [0.25, 0.3) is 10.7 Å². The number of carbonyl (C=O) groups is 2. The molecular formula is C17H19N5O3S. The predicted molar refractivity (Wildman–Crippen MR) is 94.6 cm³/mol. The second-order valence-electron chi connectivity index (χ2n) is 6.25. The number of aromatic nitrogens is 3. The van der Waals surface area contributed by atoms with Crippen molar-refractivity contribution in [3.8, 4) is 10.7 Å². The van der Waals surface area contributed by atoms with Gasteiger partial charge in [-0.15, -0.1) is 11.3 Å².